The number of aryl methyl sites for hydroxylation is 1. The molecule has 0 aliphatic carbocycles. The van der Waals surface area contributed by atoms with Crippen molar-refractivity contribution in [1.29, 1.82) is 0 Å². The number of hydrogen-bond donors (Lipinski definition) is 1. The zero-order valence-electron chi connectivity index (χ0n) is 13.7. The van der Waals surface area contributed by atoms with Crippen LogP contribution in [-0.2, 0) is 6.54 Å². The van der Waals surface area contributed by atoms with Gasteiger partial charge in [-0.2, -0.15) is 0 Å². The van der Waals surface area contributed by atoms with Gasteiger partial charge < -0.3 is 9.88 Å². The predicted molar refractivity (Wildman–Crippen MR) is 89.6 cm³/mol. The lowest BCUT2D eigenvalue weighted by atomic mass is 10.3. The lowest BCUT2D eigenvalue weighted by Gasteiger charge is -2.15. The van der Waals surface area contributed by atoms with Crippen LogP contribution in [0.2, 0.25) is 0 Å². The molecule has 1 N–H and O–H groups in total. The van der Waals surface area contributed by atoms with Crippen molar-refractivity contribution in [2.45, 2.75) is 13.5 Å². The first kappa shape index (κ1) is 15.3. The molecule has 1 amide bonds. The number of aromatic amines is 1. The van der Waals surface area contributed by atoms with E-state index in [4.69, 9.17) is 0 Å². The molecule has 0 radical (unpaired) electrons. The molecule has 0 bridgehead atoms. The van der Waals surface area contributed by atoms with Gasteiger partial charge in [0.1, 0.15) is 17.3 Å². The van der Waals surface area contributed by atoms with Gasteiger partial charge in [-0.3, -0.25) is 9.20 Å². The van der Waals surface area contributed by atoms with Gasteiger partial charge in [0.2, 0.25) is 5.78 Å². The average molecular weight is 338 g/mol. The Bertz CT molecular complexity index is 1100. The van der Waals surface area contributed by atoms with Crippen LogP contribution in [-0.4, -0.2) is 42.2 Å². The third-order valence-electron chi connectivity index (χ3n) is 4.01. The van der Waals surface area contributed by atoms with E-state index in [-0.39, 0.29) is 18.3 Å². The number of fused-ring (bicyclic) bond motifs is 2. The molecule has 4 aromatic rings. The van der Waals surface area contributed by atoms with Crippen molar-refractivity contribution in [2.24, 2.45) is 0 Å². The number of hydrogen-bond acceptors (Lipinski definition) is 4. The largest absolute Gasteiger partial charge is 0.340 e. The molecule has 3 aromatic heterocycles. The molecule has 7 nitrogen and oxygen atoms in total. The van der Waals surface area contributed by atoms with Crippen molar-refractivity contribution in [3.8, 4) is 0 Å². The number of amides is 1. The molecule has 0 unspecified atom stereocenters. The lowest BCUT2D eigenvalue weighted by molar-refractivity contribution is 0.0774. The number of carbonyl (C=O) groups excluding carboxylic acids is 1. The summed E-state index contributed by atoms with van der Waals surface area (Å²) in [7, 11) is 1.69. The fourth-order valence-electron chi connectivity index (χ4n) is 2.84. The van der Waals surface area contributed by atoms with Gasteiger partial charge in [-0.15, -0.1) is 0 Å². The summed E-state index contributed by atoms with van der Waals surface area (Å²) in [5.74, 6) is 0.544. The minimum absolute atomic E-state index is 0.190. The maximum absolute atomic E-state index is 13.3. The number of halogens is 1. The van der Waals surface area contributed by atoms with Gasteiger partial charge in [0.25, 0.3) is 5.91 Å². The Balaban J connectivity index is 1.64. The number of carbonyl (C=O) groups is 1. The molecular formula is C17H15FN6O. The van der Waals surface area contributed by atoms with Crippen LogP contribution in [0.3, 0.4) is 0 Å². The van der Waals surface area contributed by atoms with Crippen molar-refractivity contribution in [3.05, 3.63) is 59.7 Å². The molecule has 3 heterocycles. The first-order chi connectivity index (χ1) is 12.0. The Morgan fingerprint density at radius 3 is 3.04 bits per heavy atom. The van der Waals surface area contributed by atoms with E-state index in [9.17, 15) is 9.18 Å². The molecule has 126 valence electrons. The summed E-state index contributed by atoms with van der Waals surface area (Å²) in [6.45, 7) is 2.04. The van der Waals surface area contributed by atoms with Crippen LogP contribution in [0.5, 0.6) is 0 Å². The Labute approximate surface area is 142 Å². The van der Waals surface area contributed by atoms with Crippen LogP contribution >= 0.6 is 0 Å². The zero-order chi connectivity index (χ0) is 17.6. The monoisotopic (exact) mass is 338 g/mol. The quantitative estimate of drug-likeness (QED) is 0.622. The molecule has 0 aliphatic heterocycles. The first-order valence-corrected chi connectivity index (χ1v) is 7.72. The third kappa shape index (κ3) is 2.61. The zero-order valence-corrected chi connectivity index (χ0v) is 13.7. The van der Waals surface area contributed by atoms with Crippen molar-refractivity contribution < 1.29 is 9.18 Å². The first-order valence-electron chi connectivity index (χ1n) is 7.72. The highest BCUT2D eigenvalue weighted by Crippen LogP contribution is 2.16. The van der Waals surface area contributed by atoms with E-state index in [1.807, 2.05) is 0 Å². The van der Waals surface area contributed by atoms with Crippen LogP contribution in [0.1, 0.15) is 22.0 Å². The standard InChI is InChI=1S/C17H15FN6O/c1-10-15(24-7-3-6-19-17(24)20-10)16(25)23(2)9-14-21-12-5-4-11(18)8-13(12)22-14/h3-8H,9H2,1-2H3,(H,21,22). The second kappa shape index (κ2) is 5.66. The van der Waals surface area contributed by atoms with E-state index in [0.29, 0.717) is 34.0 Å². The van der Waals surface area contributed by atoms with Crippen molar-refractivity contribution >= 4 is 22.7 Å². The number of nitrogens with zero attached hydrogens (tertiary/aromatic N) is 5. The van der Waals surface area contributed by atoms with Crippen LogP contribution in [0.4, 0.5) is 4.39 Å². The molecule has 1 aromatic carbocycles. The fraction of sp³-hybridized carbons (Fsp3) is 0.176. The Morgan fingerprint density at radius 1 is 1.36 bits per heavy atom. The van der Waals surface area contributed by atoms with E-state index >= 15 is 0 Å². The maximum atomic E-state index is 13.3. The van der Waals surface area contributed by atoms with Gasteiger partial charge in [-0.25, -0.2) is 19.3 Å². The Morgan fingerprint density at radius 2 is 2.20 bits per heavy atom. The van der Waals surface area contributed by atoms with E-state index in [0.717, 1.165) is 0 Å². The summed E-state index contributed by atoms with van der Waals surface area (Å²) in [5, 5.41) is 0. The van der Waals surface area contributed by atoms with E-state index in [2.05, 4.69) is 19.9 Å². The Hall–Kier alpha value is -3.29. The van der Waals surface area contributed by atoms with Crippen molar-refractivity contribution in [1.82, 2.24) is 29.2 Å². The van der Waals surface area contributed by atoms with Gasteiger partial charge in [-0.1, -0.05) is 0 Å². The molecule has 0 fully saturated rings. The number of H-pyrrole nitrogens is 1. The molecule has 4 rings (SSSR count). The summed E-state index contributed by atoms with van der Waals surface area (Å²) in [6, 6.07) is 6.09. The van der Waals surface area contributed by atoms with E-state index in [1.54, 1.807) is 42.9 Å². The van der Waals surface area contributed by atoms with Crippen LogP contribution in [0.15, 0.2) is 36.7 Å². The number of nitrogens with one attached hydrogen (secondary N) is 1. The van der Waals surface area contributed by atoms with Crippen LogP contribution in [0, 0.1) is 12.7 Å². The van der Waals surface area contributed by atoms with Gasteiger partial charge in [0, 0.05) is 19.4 Å². The van der Waals surface area contributed by atoms with E-state index in [1.165, 1.54) is 17.0 Å². The van der Waals surface area contributed by atoms with Gasteiger partial charge in [0.05, 0.1) is 23.3 Å². The summed E-state index contributed by atoms with van der Waals surface area (Å²) >= 11 is 0. The predicted octanol–water partition coefficient (Wildman–Crippen LogP) is 2.33. The summed E-state index contributed by atoms with van der Waals surface area (Å²) < 4.78 is 15.0. The van der Waals surface area contributed by atoms with Crippen molar-refractivity contribution in [2.75, 3.05) is 7.05 Å². The van der Waals surface area contributed by atoms with E-state index < -0.39 is 0 Å². The second-order valence-corrected chi connectivity index (χ2v) is 5.84. The Kier molecular flexibility index (Phi) is 3.45. The van der Waals surface area contributed by atoms with Gasteiger partial charge >= 0.3 is 0 Å². The highest BCUT2D eigenvalue weighted by molar-refractivity contribution is 5.94. The fourth-order valence-corrected chi connectivity index (χ4v) is 2.84. The van der Waals surface area contributed by atoms with Crippen molar-refractivity contribution in [3.63, 3.8) is 0 Å². The van der Waals surface area contributed by atoms with Gasteiger partial charge in [-0.05, 0) is 31.2 Å². The molecule has 0 aliphatic rings. The molecule has 0 atom stereocenters. The summed E-state index contributed by atoms with van der Waals surface area (Å²) in [5.41, 5.74) is 2.34. The molecular weight excluding hydrogens is 323 g/mol. The third-order valence-corrected chi connectivity index (χ3v) is 4.01. The molecule has 0 spiro atoms. The smallest absolute Gasteiger partial charge is 0.272 e. The summed E-state index contributed by atoms with van der Waals surface area (Å²) in [6.07, 6.45) is 3.39. The number of aromatic nitrogens is 5. The molecule has 8 heteroatoms. The lowest BCUT2D eigenvalue weighted by Crippen LogP contribution is -2.28. The molecule has 25 heavy (non-hydrogen) atoms. The second-order valence-electron chi connectivity index (χ2n) is 5.84. The maximum Gasteiger partial charge on any atom is 0.272 e. The highest BCUT2D eigenvalue weighted by atomic mass is 19.1. The normalized spacial score (nSPS) is 11.3. The number of imidazole rings is 2. The summed E-state index contributed by atoms with van der Waals surface area (Å²) in [4.78, 5) is 30.3. The van der Waals surface area contributed by atoms with Gasteiger partial charge in [0.15, 0.2) is 0 Å². The topological polar surface area (TPSA) is 79.2 Å². The number of benzene rings is 1. The van der Waals surface area contributed by atoms with Crippen LogP contribution < -0.4 is 0 Å². The minimum atomic E-state index is -0.332. The average Bonchev–Trinajstić information content (AvgIpc) is 3.12. The SMILES string of the molecule is Cc1nc2ncccn2c1C(=O)N(C)Cc1nc2ccc(F)cc2[nH]1. The highest BCUT2D eigenvalue weighted by Gasteiger charge is 2.21. The van der Waals surface area contributed by atoms with Crippen LogP contribution in [0.25, 0.3) is 16.8 Å². The number of rotatable bonds is 3. The molecule has 0 saturated heterocycles. The molecule has 0 saturated carbocycles. The minimum Gasteiger partial charge on any atom is -0.340 e.